The Morgan fingerprint density at radius 1 is 1.26 bits per heavy atom. The molecule has 0 amide bonds. The van der Waals surface area contributed by atoms with Gasteiger partial charge in [0.2, 0.25) is 0 Å². The fourth-order valence-corrected chi connectivity index (χ4v) is 3.37. The van der Waals surface area contributed by atoms with E-state index in [4.69, 9.17) is 0 Å². The van der Waals surface area contributed by atoms with Crippen LogP contribution in [-0.4, -0.2) is 34.6 Å². The predicted octanol–water partition coefficient (Wildman–Crippen LogP) is 3.03. The van der Waals surface area contributed by atoms with Gasteiger partial charge in [-0.15, -0.1) is 0 Å². The summed E-state index contributed by atoms with van der Waals surface area (Å²) in [6.07, 6.45) is 3.30. The van der Waals surface area contributed by atoms with E-state index in [1.54, 1.807) is 0 Å². The normalized spacial score (nSPS) is 18.5. The van der Waals surface area contributed by atoms with Gasteiger partial charge in [-0.3, -0.25) is 0 Å². The molecule has 1 saturated heterocycles. The number of nitrogens with zero attached hydrogens (tertiary/aromatic N) is 2. The van der Waals surface area contributed by atoms with Gasteiger partial charge < -0.3 is 10.6 Å². The number of nitrogens with one attached hydrogen (secondary N) is 2. The minimum absolute atomic E-state index is 0.789. The second-order valence-corrected chi connectivity index (χ2v) is 6.10. The van der Waals surface area contributed by atoms with Crippen molar-refractivity contribution in [3.05, 3.63) is 11.9 Å². The highest BCUT2D eigenvalue weighted by atomic mass is 32.2. The monoisotopic (exact) mass is 280 g/mol. The van der Waals surface area contributed by atoms with Gasteiger partial charge in [0.15, 0.2) is 0 Å². The third kappa shape index (κ3) is 4.56. The molecule has 0 aliphatic carbocycles. The molecule has 0 aromatic carbocycles. The molecule has 1 aliphatic rings. The van der Waals surface area contributed by atoms with Gasteiger partial charge in [0.25, 0.3) is 0 Å². The number of hydrogen-bond donors (Lipinski definition) is 2. The molecule has 0 saturated carbocycles. The first-order valence-corrected chi connectivity index (χ1v) is 8.40. The van der Waals surface area contributed by atoms with Gasteiger partial charge in [0.1, 0.15) is 17.5 Å². The molecule has 1 aliphatic heterocycles. The van der Waals surface area contributed by atoms with E-state index in [-0.39, 0.29) is 0 Å². The van der Waals surface area contributed by atoms with Gasteiger partial charge in [-0.2, -0.15) is 11.8 Å². The molecule has 1 atom stereocenters. The van der Waals surface area contributed by atoms with Crippen molar-refractivity contribution in [2.45, 2.75) is 33.1 Å². The van der Waals surface area contributed by atoms with Gasteiger partial charge in [-0.05, 0) is 30.3 Å². The quantitative estimate of drug-likeness (QED) is 0.804. The SMILES string of the molecule is CCCNc1cc(NCC2CCSC2)nc(CC)n1. The molecule has 1 unspecified atom stereocenters. The maximum absolute atomic E-state index is 4.55. The number of aromatic nitrogens is 2. The largest absolute Gasteiger partial charge is 0.370 e. The Kier molecular flexibility index (Phi) is 5.76. The van der Waals surface area contributed by atoms with E-state index < -0.39 is 0 Å². The van der Waals surface area contributed by atoms with E-state index in [1.165, 1.54) is 17.9 Å². The number of rotatable bonds is 7. The van der Waals surface area contributed by atoms with Gasteiger partial charge in [0, 0.05) is 25.6 Å². The Hall–Kier alpha value is -0.970. The number of hydrogen-bond acceptors (Lipinski definition) is 5. The van der Waals surface area contributed by atoms with Gasteiger partial charge in [-0.1, -0.05) is 13.8 Å². The Labute approximate surface area is 120 Å². The van der Waals surface area contributed by atoms with Crippen molar-refractivity contribution in [2.24, 2.45) is 5.92 Å². The summed E-state index contributed by atoms with van der Waals surface area (Å²) in [6.45, 7) is 6.24. The van der Waals surface area contributed by atoms with Gasteiger partial charge in [0.05, 0.1) is 0 Å². The highest BCUT2D eigenvalue weighted by Crippen LogP contribution is 2.23. The van der Waals surface area contributed by atoms with Crippen molar-refractivity contribution >= 4 is 23.4 Å². The fraction of sp³-hybridized carbons (Fsp3) is 0.714. The third-order valence-electron chi connectivity index (χ3n) is 3.24. The fourth-order valence-electron chi connectivity index (χ4n) is 2.08. The van der Waals surface area contributed by atoms with Crippen LogP contribution in [0.15, 0.2) is 6.07 Å². The lowest BCUT2D eigenvalue weighted by Gasteiger charge is -2.13. The molecule has 1 fully saturated rings. The van der Waals surface area contributed by atoms with Crippen LogP contribution < -0.4 is 10.6 Å². The minimum atomic E-state index is 0.789. The maximum atomic E-state index is 4.55. The highest BCUT2D eigenvalue weighted by molar-refractivity contribution is 7.99. The van der Waals surface area contributed by atoms with Crippen molar-refractivity contribution in [2.75, 3.05) is 35.2 Å². The first kappa shape index (κ1) is 14.4. The molecule has 2 heterocycles. The van der Waals surface area contributed by atoms with Crippen molar-refractivity contribution in [3.8, 4) is 0 Å². The number of thioether (sulfide) groups is 1. The summed E-state index contributed by atoms with van der Waals surface area (Å²) in [6, 6.07) is 2.02. The summed E-state index contributed by atoms with van der Waals surface area (Å²) in [5.41, 5.74) is 0. The summed E-state index contributed by atoms with van der Waals surface area (Å²) in [7, 11) is 0. The second kappa shape index (κ2) is 7.58. The predicted molar refractivity (Wildman–Crippen MR) is 84.1 cm³/mol. The molecule has 19 heavy (non-hydrogen) atoms. The van der Waals surface area contributed by atoms with Gasteiger partial charge >= 0.3 is 0 Å². The van der Waals surface area contributed by atoms with E-state index >= 15 is 0 Å². The van der Waals surface area contributed by atoms with E-state index in [0.717, 1.165) is 49.3 Å². The Morgan fingerprint density at radius 2 is 2.05 bits per heavy atom. The summed E-state index contributed by atoms with van der Waals surface area (Å²) < 4.78 is 0. The molecule has 1 aromatic heterocycles. The van der Waals surface area contributed by atoms with Crippen LogP contribution in [0.2, 0.25) is 0 Å². The zero-order valence-corrected chi connectivity index (χ0v) is 12.7. The van der Waals surface area contributed by atoms with E-state index in [2.05, 4.69) is 46.2 Å². The number of anilines is 2. The molecule has 106 valence electrons. The molecule has 0 bridgehead atoms. The summed E-state index contributed by atoms with van der Waals surface area (Å²) >= 11 is 2.05. The van der Waals surface area contributed by atoms with Crippen LogP contribution >= 0.6 is 11.8 Å². The average Bonchev–Trinajstić information content (AvgIpc) is 2.96. The Bertz CT molecular complexity index is 391. The van der Waals surface area contributed by atoms with Crippen LogP contribution in [-0.2, 0) is 6.42 Å². The van der Waals surface area contributed by atoms with Crippen LogP contribution in [0.5, 0.6) is 0 Å². The van der Waals surface area contributed by atoms with Crippen molar-refractivity contribution < 1.29 is 0 Å². The molecule has 2 rings (SSSR count). The van der Waals surface area contributed by atoms with E-state index in [1.807, 2.05) is 6.07 Å². The van der Waals surface area contributed by atoms with Crippen LogP contribution in [0.25, 0.3) is 0 Å². The zero-order chi connectivity index (χ0) is 13.5. The summed E-state index contributed by atoms with van der Waals surface area (Å²) in [4.78, 5) is 9.05. The molecule has 0 spiro atoms. The highest BCUT2D eigenvalue weighted by Gasteiger charge is 2.15. The lowest BCUT2D eigenvalue weighted by Crippen LogP contribution is -2.15. The molecule has 0 radical (unpaired) electrons. The molecular weight excluding hydrogens is 256 g/mol. The van der Waals surface area contributed by atoms with Crippen LogP contribution in [0.1, 0.15) is 32.5 Å². The van der Waals surface area contributed by atoms with E-state index in [9.17, 15) is 0 Å². The van der Waals surface area contributed by atoms with E-state index in [0.29, 0.717) is 0 Å². The maximum Gasteiger partial charge on any atom is 0.132 e. The van der Waals surface area contributed by atoms with Crippen molar-refractivity contribution in [3.63, 3.8) is 0 Å². The molecule has 5 heteroatoms. The molecular formula is C14H24N4S. The minimum Gasteiger partial charge on any atom is -0.370 e. The lowest BCUT2D eigenvalue weighted by molar-refractivity contribution is 0.630. The topological polar surface area (TPSA) is 49.8 Å². The van der Waals surface area contributed by atoms with Crippen LogP contribution in [0, 0.1) is 5.92 Å². The second-order valence-electron chi connectivity index (χ2n) is 4.95. The third-order valence-corrected chi connectivity index (χ3v) is 4.47. The zero-order valence-electron chi connectivity index (χ0n) is 11.9. The standard InChI is InChI=1S/C14H24N4S/c1-3-6-15-13-8-14(18-12(4-2)17-13)16-9-11-5-7-19-10-11/h8,11H,3-7,9-10H2,1-2H3,(H2,15,16,17,18). The Morgan fingerprint density at radius 3 is 2.68 bits per heavy atom. The molecule has 1 aromatic rings. The first-order valence-electron chi connectivity index (χ1n) is 7.25. The van der Waals surface area contributed by atoms with Crippen molar-refractivity contribution in [1.29, 1.82) is 0 Å². The smallest absolute Gasteiger partial charge is 0.132 e. The first-order chi connectivity index (χ1) is 9.31. The van der Waals surface area contributed by atoms with Crippen LogP contribution in [0.4, 0.5) is 11.6 Å². The summed E-state index contributed by atoms with van der Waals surface area (Å²) in [5.74, 6) is 6.18. The van der Waals surface area contributed by atoms with Gasteiger partial charge in [-0.25, -0.2) is 9.97 Å². The van der Waals surface area contributed by atoms with Crippen LogP contribution in [0.3, 0.4) is 0 Å². The number of aryl methyl sites for hydroxylation is 1. The summed E-state index contributed by atoms with van der Waals surface area (Å²) in [5, 5.41) is 6.82. The lowest BCUT2D eigenvalue weighted by atomic mass is 10.1. The molecule has 4 nitrogen and oxygen atoms in total. The molecule has 2 N–H and O–H groups in total. The van der Waals surface area contributed by atoms with Crippen molar-refractivity contribution in [1.82, 2.24) is 9.97 Å². The average molecular weight is 280 g/mol. The Balaban J connectivity index is 1.96.